The van der Waals surface area contributed by atoms with E-state index >= 15 is 0 Å². The molecule has 0 aliphatic carbocycles. The number of amides is 2. The van der Waals surface area contributed by atoms with Gasteiger partial charge in [0.15, 0.2) is 0 Å². The lowest BCUT2D eigenvalue weighted by Gasteiger charge is -2.20. The van der Waals surface area contributed by atoms with Gasteiger partial charge in [-0.25, -0.2) is 4.79 Å². The van der Waals surface area contributed by atoms with E-state index in [1.54, 1.807) is 6.07 Å². The van der Waals surface area contributed by atoms with E-state index in [1.807, 2.05) is 31.2 Å². The first-order valence-electron chi connectivity index (χ1n) is 8.31. The van der Waals surface area contributed by atoms with Crippen LogP contribution in [-0.2, 0) is 11.3 Å². The zero-order valence-corrected chi connectivity index (χ0v) is 16.5. The molecule has 0 unspecified atom stereocenters. The van der Waals surface area contributed by atoms with E-state index in [-0.39, 0.29) is 30.0 Å². The summed E-state index contributed by atoms with van der Waals surface area (Å²) < 4.78 is 6.07. The molecule has 0 radical (unpaired) electrons. The Morgan fingerprint density at radius 1 is 1.26 bits per heavy atom. The lowest BCUT2D eigenvalue weighted by Crippen LogP contribution is -2.39. The summed E-state index contributed by atoms with van der Waals surface area (Å²) in [4.78, 5) is 26.6. The molecule has 2 rings (SSSR count). The van der Waals surface area contributed by atoms with Crippen molar-refractivity contribution < 1.29 is 19.5 Å². The fourth-order valence-electron chi connectivity index (χ4n) is 2.26. The molecule has 9 heteroatoms. The number of rotatable bonds is 7. The molecule has 1 heterocycles. The largest absolute Gasteiger partial charge is 0.445 e. The highest BCUT2D eigenvalue weighted by Crippen LogP contribution is 2.09. The van der Waals surface area contributed by atoms with Crippen LogP contribution in [0.25, 0.3) is 0 Å². The third kappa shape index (κ3) is 6.00. The van der Waals surface area contributed by atoms with Crippen molar-refractivity contribution >= 4 is 36.8 Å². The number of hydrogen-bond acceptors (Lipinski definition) is 6. The molecule has 2 N–H and O–H groups in total. The van der Waals surface area contributed by atoms with Crippen molar-refractivity contribution in [2.75, 3.05) is 19.6 Å². The predicted octanol–water partition coefficient (Wildman–Crippen LogP) is 3.13. The van der Waals surface area contributed by atoms with Crippen molar-refractivity contribution in [3.8, 4) is 0 Å². The highest BCUT2D eigenvalue weighted by molar-refractivity contribution is 7.80. The van der Waals surface area contributed by atoms with Gasteiger partial charge >= 0.3 is 6.09 Å². The van der Waals surface area contributed by atoms with E-state index in [4.69, 9.17) is 17.0 Å². The Kier molecular flexibility index (Phi) is 7.68. The molecule has 1 aromatic carbocycles. The lowest BCUT2D eigenvalue weighted by atomic mass is 10.2. The summed E-state index contributed by atoms with van der Waals surface area (Å²) in [7, 11) is 0. The van der Waals surface area contributed by atoms with Gasteiger partial charge in [0.1, 0.15) is 16.9 Å². The molecule has 27 heavy (non-hydrogen) atoms. The number of hydrogen-bond donors (Lipinski definition) is 3. The molecule has 0 aliphatic rings. The number of pyridine rings is 1. The number of thiol groups is 1. The van der Waals surface area contributed by atoms with Crippen molar-refractivity contribution in [3.05, 3.63) is 58.4 Å². The second-order valence-electron chi connectivity index (χ2n) is 5.62. The maximum Gasteiger partial charge on any atom is 0.410 e. The molecule has 2 amide bonds. The van der Waals surface area contributed by atoms with Crippen molar-refractivity contribution in [1.82, 2.24) is 14.9 Å². The summed E-state index contributed by atoms with van der Waals surface area (Å²) >= 11 is 9.11. The van der Waals surface area contributed by atoms with Crippen molar-refractivity contribution in [2.24, 2.45) is 0 Å². The normalized spacial score (nSPS) is 10.3. The second kappa shape index (κ2) is 9.98. The van der Waals surface area contributed by atoms with Crippen LogP contribution in [0.3, 0.4) is 0 Å². The first kappa shape index (κ1) is 20.8. The number of nitrogens with one attached hydrogen (secondary N) is 1. The number of aromatic nitrogens is 1. The standard InChI is InChI=1S/C18H21N3O4S2/c1-2-20(18(23)25-12-13-6-8-14(26)9-7-13)11-10-19-17(22)15-4-3-5-16(27)21(15)24/h3-9,24,26H,2,10-12H2,1H3,(H,19,22). The Hall–Kier alpha value is -2.52. The predicted molar refractivity (Wildman–Crippen MR) is 106 cm³/mol. The average Bonchev–Trinajstić information content (AvgIpc) is 2.66. The van der Waals surface area contributed by atoms with E-state index in [9.17, 15) is 14.8 Å². The zero-order chi connectivity index (χ0) is 19.8. The molecular formula is C18H21N3O4S2. The molecule has 1 aromatic heterocycles. The Bertz CT molecular complexity index is 852. The van der Waals surface area contributed by atoms with Gasteiger partial charge in [-0.1, -0.05) is 30.4 Å². The number of nitrogens with zero attached hydrogens (tertiary/aromatic N) is 2. The topological polar surface area (TPSA) is 83.8 Å². The van der Waals surface area contributed by atoms with Crippen LogP contribution in [0.4, 0.5) is 4.79 Å². The number of benzene rings is 1. The van der Waals surface area contributed by atoms with Crippen LogP contribution in [0.1, 0.15) is 23.0 Å². The highest BCUT2D eigenvalue weighted by atomic mass is 32.1. The monoisotopic (exact) mass is 407 g/mol. The second-order valence-corrected chi connectivity index (χ2v) is 6.55. The molecule has 0 spiro atoms. The Balaban J connectivity index is 1.82. The van der Waals surface area contributed by atoms with Gasteiger partial charge < -0.3 is 20.2 Å². The number of ether oxygens (including phenoxy) is 1. The van der Waals surface area contributed by atoms with Crippen LogP contribution in [-0.4, -0.2) is 46.5 Å². The summed E-state index contributed by atoms with van der Waals surface area (Å²) in [5.41, 5.74) is 0.891. The highest BCUT2D eigenvalue weighted by Gasteiger charge is 2.15. The maximum absolute atomic E-state index is 12.2. The van der Waals surface area contributed by atoms with Crippen LogP contribution in [0.5, 0.6) is 0 Å². The van der Waals surface area contributed by atoms with Gasteiger partial charge in [-0.2, -0.15) is 4.73 Å². The summed E-state index contributed by atoms with van der Waals surface area (Å²) in [6, 6.07) is 11.9. The SMILES string of the molecule is CCN(CCNC(=O)c1cccc(=S)n1O)C(=O)OCc1ccc(S)cc1. The van der Waals surface area contributed by atoms with Crippen LogP contribution in [0.15, 0.2) is 47.4 Å². The Morgan fingerprint density at radius 2 is 1.96 bits per heavy atom. The number of carbonyl (C=O) groups excluding carboxylic acids is 2. The molecule has 0 fully saturated rings. The van der Waals surface area contributed by atoms with Crippen molar-refractivity contribution in [1.29, 1.82) is 0 Å². The van der Waals surface area contributed by atoms with Crippen molar-refractivity contribution in [3.63, 3.8) is 0 Å². The van der Waals surface area contributed by atoms with E-state index in [1.165, 1.54) is 17.0 Å². The van der Waals surface area contributed by atoms with Gasteiger partial charge in [0.2, 0.25) is 0 Å². The molecule has 0 bridgehead atoms. The van der Waals surface area contributed by atoms with Crippen LogP contribution >= 0.6 is 24.8 Å². The average molecular weight is 408 g/mol. The lowest BCUT2D eigenvalue weighted by molar-refractivity contribution is 0.0863. The Morgan fingerprint density at radius 3 is 2.63 bits per heavy atom. The molecular weight excluding hydrogens is 386 g/mol. The smallest absolute Gasteiger partial charge is 0.410 e. The number of likely N-dealkylation sites (N-methyl/N-ethyl adjacent to an activating group) is 1. The molecule has 2 aromatic rings. The first-order chi connectivity index (χ1) is 12.9. The van der Waals surface area contributed by atoms with Gasteiger partial charge in [-0.15, -0.1) is 12.6 Å². The summed E-state index contributed by atoms with van der Waals surface area (Å²) in [5, 5.41) is 12.4. The fraction of sp³-hybridized carbons (Fsp3) is 0.278. The van der Waals surface area contributed by atoms with Crippen LogP contribution < -0.4 is 5.32 Å². The van der Waals surface area contributed by atoms with Gasteiger partial charge in [-0.05, 0) is 36.8 Å². The van der Waals surface area contributed by atoms with Gasteiger partial charge in [0, 0.05) is 24.5 Å². The molecule has 0 saturated carbocycles. The van der Waals surface area contributed by atoms with Crippen molar-refractivity contribution in [2.45, 2.75) is 18.4 Å². The fourth-order valence-corrected chi connectivity index (χ4v) is 2.58. The minimum Gasteiger partial charge on any atom is -0.445 e. The van der Waals surface area contributed by atoms with E-state index in [0.717, 1.165) is 10.5 Å². The molecule has 144 valence electrons. The van der Waals surface area contributed by atoms with Crippen LogP contribution in [0, 0.1) is 4.64 Å². The van der Waals surface area contributed by atoms with Crippen LogP contribution in [0.2, 0.25) is 0 Å². The van der Waals surface area contributed by atoms with E-state index in [0.29, 0.717) is 11.3 Å². The molecule has 0 saturated heterocycles. The molecule has 0 atom stereocenters. The minimum atomic E-state index is -0.486. The molecule has 0 aliphatic heterocycles. The maximum atomic E-state index is 12.2. The van der Waals surface area contributed by atoms with E-state index in [2.05, 4.69) is 17.9 Å². The van der Waals surface area contributed by atoms with Gasteiger partial charge in [-0.3, -0.25) is 4.79 Å². The number of carbonyl (C=O) groups is 2. The summed E-state index contributed by atoms with van der Waals surface area (Å²) in [5.74, 6) is -0.486. The van der Waals surface area contributed by atoms with E-state index < -0.39 is 12.0 Å². The van der Waals surface area contributed by atoms with Gasteiger partial charge in [0.05, 0.1) is 0 Å². The quantitative estimate of drug-likeness (QED) is 0.373. The summed E-state index contributed by atoms with van der Waals surface area (Å²) in [6.45, 7) is 2.90. The zero-order valence-electron chi connectivity index (χ0n) is 14.8. The first-order valence-corrected chi connectivity index (χ1v) is 9.17. The van der Waals surface area contributed by atoms with Gasteiger partial charge in [0.25, 0.3) is 5.91 Å². The minimum absolute atomic E-state index is 0.0285. The Labute approximate surface area is 167 Å². The molecule has 7 nitrogen and oxygen atoms in total. The third-order valence-corrected chi connectivity index (χ3v) is 4.38. The summed E-state index contributed by atoms with van der Waals surface area (Å²) in [6.07, 6.45) is -0.466. The third-order valence-electron chi connectivity index (χ3n) is 3.77.